The second kappa shape index (κ2) is 4.04. The van der Waals surface area contributed by atoms with Crippen LogP contribution in [0, 0.1) is 0 Å². The summed E-state index contributed by atoms with van der Waals surface area (Å²) in [6, 6.07) is 10.1. The first-order chi connectivity index (χ1) is 6.45. The Hall–Kier alpha value is -1.36. The molecule has 1 N–H and O–H groups in total. The monoisotopic (exact) mass is 192 g/mol. The van der Waals surface area contributed by atoms with Crippen LogP contribution in [0.5, 0.6) is 0 Å². The third-order valence-corrected chi connectivity index (χ3v) is 2.51. The van der Waals surface area contributed by atoms with Crippen molar-refractivity contribution in [2.45, 2.75) is 10.6 Å². The molecular weight excluding hydrogens is 184 g/mol. The van der Waals surface area contributed by atoms with Crippen LogP contribution in [0.25, 0.3) is 0 Å². The van der Waals surface area contributed by atoms with E-state index in [1.807, 2.05) is 18.2 Å². The molecule has 0 aliphatic rings. The molecule has 0 saturated heterocycles. The van der Waals surface area contributed by atoms with Crippen molar-refractivity contribution >= 4 is 11.8 Å². The molecular formula is C8H8N4S. The Morgan fingerprint density at radius 2 is 2.08 bits per heavy atom. The average Bonchev–Trinajstić information content (AvgIpc) is 2.69. The van der Waals surface area contributed by atoms with Gasteiger partial charge in [0.25, 0.3) is 0 Å². The highest BCUT2D eigenvalue weighted by molar-refractivity contribution is 7.98. The smallest absolute Gasteiger partial charge is 0.177 e. The van der Waals surface area contributed by atoms with Crippen LogP contribution in [0.3, 0.4) is 0 Å². The number of hydrogen-bond acceptors (Lipinski definition) is 4. The number of rotatable bonds is 3. The predicted molar refractivity (Wildman–Crippen MR) is 50.2 cm³/mol. The summed E-state index contributed by atoms with van der Waals surface area (Å²) < 4.78 is 0. The molecule has 0 aliphatic heterocycles. The molecule has 2 rings (SSSR count). The lowest BCUT2D eigenvalue weighted by molar-refractivity contribution is 0.881. The summed E-state index contributed by atoms with van der Waals surface area (Å²) in [6.07, 6.45) is 0. The molecule has 2 aromatic rings. The van der Waals surface area contributed by atoms with E-state index in [4.69, 9.17) is 0 Å². The third-order valence-electron chi connectivity index (χ3n) is 1.50. The molecule has 0 radical (unpaired) electrons. The number of tetrazole rings is 1. The molecule has 4 nitrogen and oxygen atoms in total. The van der Waals surface area contributed by atoms with Crippen LogP contribution in [0.4, 0.5) is 0 Å². The van der Waals surface area contributed by atoms with Gasteiger partial charge in [-0.1, -0.05) is 23.4 Å². The van der Waals surface area contributed by atoms with E-state index < -0.39 is 0 Å². The lowest BCUT2D eigenvalue weighted by Gasteiger charge is -1.95. The summed E-state index contributed by atoms with van der Waals surface area (Å²) >= 11 is 1.69. The fourth-order valence-corrected chi connectivity index (χ4v) is 1.68. The first-order valence-electron chi connectivity index (χ1n) is 3.85. The lowest BCUT2D eigenvalue weighted by Crippen LogP contribution is -1.83. The second-order valence-electron chi connectivity index (χ2n) is 2.43. The van der Waals surface area contributed by atoms with Crippen molar-refractivity contribution in [2.24, 2.45) is 0 Å². The van der Waals surface area contributed by atoms with Gasteiger partial charge in [-0.2, -0.15) is 5.21 Å². The maximum atomic E-state index is 3.86. The Balaban J connectivity index is 1.94. The topological polar surface area (TPSA) is 54.5 Å². The minimum atomic E-state index is 0.730. The summed E-state index contributed by atoms with van der Waals surface area (Å²) in [6.45, 7) is 0. The van der Waals surface area contributed by atoms with Gasteiger partial charge in [0.1, 0.15) is 0 Å². The molecule has 0 unspecified atom stereocenters. The van der Waals surface area contributed by atoms with E-state index >= 15 is 0 Å². The van der Waals surface area contributed by atoms with Gasteiger partial charge in [-0.05, 0) is 12.1 Å². The van der Waals surface area contributed by atoms with Gasteiger partial charge >= 0.3 is 0 Å². The zero-order valence-electron chi connectivity index (χ0n) is 6.84. The van der Waals surface area contributed by atoms with Gasteiger partial charge in [0, 0.05) is 4.90 Å². The largest absolute Gasteiger partial charge is 0.184 e. The van der Waals surface area contributed by atoms with Gasteiger partial charge in [-0.25, -0.2) is 0 Å². The molecule has 66 valence electrons. The third kappa shape index (κ3) is 2.29. The molecule has 0 amide bonds. The maximum Gasteiger partial charge on any atom is 0.184 e. The fourth-order valence-electron chi connectivity index (χ4n) is 0.908. The van der Waals surface area contributed by atoms with Crippen LogP contribution >= 0.6 is 11.8 Å². The highest BCUT2D eigenvalue weighted by Gasteiger charge is 1.98. The minimum absolute atomic E-state index is 0.730. The molecule has 5 heteroatoms. The SMILES string of the molecule is c1ccc(SCc2nn[nH]n2)cc1. The van der Waals surface area contributed by atoms with E-state index in [0.717, 1.165) is 11.6 Å². The van der Waals surface area contributed by atoms with Crippen molar-refractivity contribution in [3.05, 3.63) is 36.2 Å². The van der Waals surface area contributed by atoms with Gasteiger partial charge in [0.2, 0.25) is 0 Å². The molecule has 0 bridgehead atoms. The number of hydrogen-bond donors (Lipinski definition) is 1. The molecule has 1 aromatic carbocycles. The van der Waals surface area contributed by atoms with Crippen LogP contribution in [0.15, 0.2) is 35.2 Å². The number of nitrogens with zero attached hydrogens (tertiary/aromatic N) is 3. The Morgan fingerprint density at radius 1 is 1.23 bits per heavy atom. The van der Waals surface area contributed by atoms with Crippen LogP contribution in [0.2, 0.25) is 0 Å². The minimum Gasteiger partial charge on any atom is -0.177 e. The van der Waals surface area contributed by atoms with Crippen molar-refractivity contribution in [1.82, 2.24) is 20.6 Å². The van der Waals surface area contributed by atoms with Crippen molar-refractivity contribution in [3.8, 4) is 0 Å². The van der Waals surface area contributed by atoms with E-state index in [0.29, 0.717) is 0 Å². The zero-order chi connectivity index (χ0) is 8.93. The van der Waals surface area contributed by atoms with Gasteiger partial charge < -0.3 is 0 Å². The summed E-state index contributed by atoms with van der Waals surface area (Å²) in [7, 11) is 0. The van der Waals surface area contributed by atoms with Crippen LogP contribution in [-0.4, -0.2) is 20.6 Å². The summed E-state index contributed by atoms with van der Waals surface area (Å²) in [4.78, 5) is 1.22. The second-order valence-corrected chi connectivity index (χ2v) is 3.48. The standard InChI is InChI=1S/C8H8N4S/c1-2-4-7(5-3-1)13-6-8-9-11-12-10-8/h1-5H,6H2,(H,9,10,11,12). The molecule has 1 heterocycles. The van der Waals surface area contributed by atoms with Crippen molar-refractivity contribution in [3.63, 3.8) is 0 Å². The molecule has 0 saturated carbocycles. The molecule has 0 spiro atoms. The number of thioether (sulfide) groups is 1. The first-order valence-corrected chi connectivity index (χ1v) is 4.84. The number of aromatic nitrogens is 4. The predicted octanol–water partition coefficient (Wildman–Crippen LogP) is 1.49. The van der Waals surface area contributed by atoms with Crippen molar-refractivity contribution in [2.75, 3.05) is 0 Å². The number of nitrogens with one attached hydrogen (secondary N) is 1. The fraction of sp³-hybridized carbons (Fsp3) is 0.125. The quantitative estimate of drug-likeness (QED) is 0.748. The molecule has 0 fully saturated rings. The van der Waals surface area contributed by atoms with Crippen molar-refractivity contribution < 1.29 is 0 Å². The van der Waals surface area contributed by atoms with Crippen molar-refractivity contribution in [1.29, 1.82) is 0 Å². The van der Waals surface area contributed by atoms with Crippen LogP contribution < -0.4 is 0 Å². The molecule has 0 aliphatic carbocycles. The Morgan fingerprint density at radius 3 is 2.77 bits per heavy atom. The van der Waals surface area contributed by atoms with E-state index in [2.05, 4.69) is 32.8 Å². The Kier molecular flexibility index (Phi) is 2.56. The normalized spacial score (nSPS) is 10.2. The van der Waals surface area contributed by atoms with E-state index in [1.165, 1.54) is 4.90 Å². The lowest BCUT2D eigenvalue weighted by atomic mass is 10.4. The molecule has 0 atom stereocenters. The van der Waals surface area contributed by atoms with Crippen LogP contribution in [0.1, 0.15) is 5.82 Å². The zero-order valence-corrected chi connectivity index (χ0v) is 7.66. The van der Waals surface area contributed by atoms with Gasteiger partial charge in [0.15, 0.2) is 5.82 Å². The number of H-pyrrole nitrogens is 1. The number of aromatic amines is 1. The van der Waals surface area contributed by atoms with Crippen LogP contribution in [-0.2, 0) is 5.75 Å². The van der Waals surface area contributed by atoms with E-state index in [-0.39, 0.29) is 0 Å². The molecule has 13 heavy (non-hydrogen) atoms. The number of benzene rings is 1. The summed E-state index contributed by atoms with van der Waals surface area (Å²) in [5.74, 6) is 1.48. The Labute approximate surface area is 79.8 Å². The van der Waals surface area contributed by atoms with E-state index in [1.54, 1.807) is 11.8 Å². The average molecular weight is 192 g/mol. The summed E-state index contributed by atoms with van der Waals surface area (Å²) in [5, 5.41) is 13.6. The highest BCUT2D eigenvalue weighted by atomic mass is 32.2. The highest BCUT2D eigenvalue weighted by Crippen LogP contribution is 2.19. The van der Waals surface area contributed by atoms with Gasteiger partial charge in [-0.3, -0.25) is 0 Å². The summed E-state index contributed by atoms with van der Waals surface area (Å²) in [5.41, 5.74) is 0. The van der Waals surface area contributed by atoms with Gasteiger partial charge in [-0.15, -0.1) is 22.0 Å². The molecule has 1 aromatic heterocycles. The maximum absolute atomic E-state index is 3.86. The van der Waals surface area contributed by atoms with Gasteiger partial charge in [0.05, 0.1) is 5.75 Å². The Bertz CT molecular complexity index is 346. The first kappa shape index (κ1) is 8.25. The van der Waals surface area contributed by atoms with E-state index in [9.17, 15) is 0 Å².